The number of hydrogen-bond donors (Lipinski definition) is 2. The summed E-state index contributed by atoms with van der Waals surface area (Å²) in [4.78, 5) is 0. The summed E-state index contributed by atoms with van der Waals surface area (Å²) in [6, 6.07) is 0.482. The Bertz CT molecular complexity index is 151. The first-order valence-electron chi connectivity index (χ1n) is 6.55. The van der Waals surface area contributed by atoms with E-state index in [2.05, 4.69) is 26.1 Å². The maximum atomic E-state index is 9.56. The van der Waals surface area contributed by atoms with Crippen molar-refractivity contribution in [2.75, 3.05) is 19.8 Å². The minimum atomic E-state index is -0.382. The standard InChI is InChI=1S/C13H29NO2/c1-5-16-10-13(15)9-14-12(4)8-6-7-11(2)3/h11-15H,5-10H2,1-4H3. The number of hydrogen-bond acceptors (Lipinski definition) is 3. The van der Waals surface area contributed by atoms with Crippen LogP contribution < -0.4 is 5.32 Å². The van der Waals surface area contributed by atoms with E-state index in [0.717, 1.165) is 5.92 Å². The molecule has 2 unspecified atom stereocenters. The summed E-state index contributed by atoms with van der Waals surface area (Å²) in [6.07, 6.45) is 3.34. The Morgan fingerprint density at radius 1 is 1.19 bits per heavy atom. The van der Waals surface area contributed by atoms with Crippen LogP contribution in [0.15, 0.2) is 0 Å². The largest absolute Gasteiger partial charge is 0.389 e. The average Bonchev–Trinajstić information content (AvgIpc) is 2.23. The van der Waals surface area contributed by atoms with Gasteiger partial charge in [-0.3, -0.25) is 0 Å². The number of nitrogens with one attached hydrogen (secondary N) is 1. The highest BCUT2D eigenvalue weighted by Crippen LogP contribution is 2.08. The molecule has 0 radical (unpaired) electrons. The fraction of sp³-hybridized carbons (Fsp3) is 1.00. The summed E-state index contributed by atoms with van der Waals surface area (Å²) in [5.41, 5.74) is 0. The van der Waals surface area contributed by atoms with E-state index in [9.17, 15) is 5.11 Å². The lowest BCUT2D eigenvalue weighted by Gasteiger charge is -2.17. The third-order valence-electron chi connectivity index (χ3n) is 2.63. The summed E-state index contributed by atoms with van der Waals surface area (Å²) in [5.74, 6) is 0.788. The van der Waals surface area contributed by atoms with Crippen molar-refractivity contribution >= 4 is 0 Å². The highest BCUT2D eigenvalue weighted by atomic mass is 16.5. The second kappa shape index (κ2) is 10.1. The van der Waals surface area contributed by atoms with Gasteiger partial charge in [-0.05, 0) is 26.2 Å². The number of ether oxygens (including phenoxy) is 1. The molecule has 0 saturated heterocycles. The SMILES string of the molecule is CCOCC(O)CNC(C)CCCC(C)C. The average molecular weight is 231 g/mol. The van der Waals surface area contributed by atoms with E-state index in [-0.39, 0.29) is 6.10 Å². The molecule has 16 heavy (non-hydrogen) atoms. The second-order valence-corrected chi connectivity index (χ2v) is 4.95. The molecule has 0 aliphatic heterocycles. The molecular weight excluding hydrogens is 202 g/mol. The Morgan fingerprint density at radius 2 is 1.88 bits per heavy atom. The van der Waals surface area contributed by atoms with E-state index in [1.807, 2.05) is 6.92 Å². The molecule has 0 saturated carbocycles. The highest BCUT2D eigenvalue weighted by molar-refractivity contribution is 4.65. The Hall–Kier alpha value is -0.120. The molecule has 0 fully saturated rings. The van der Waals surface area contributed by atoms with E-state index in [1.54, 1.807) is 0 Å². The van der Waals surface area contributed by atoms with Crippen LogP contribution >= 0.6 is 0 Å². The Kier molecular flexibility index (Phi) is 9.99. The molecule has 0 amide bonds. The van der Waals surface area contributed by atoms with Gasteiger partial charge < -0.3 is 15.2 Å². The van der Waals surface area contributed by atoms with Gasteiger partial charge in [-0.1, -0.05) is 26.7 Å². The topological polar surface area (TPSA) is 41.5 Å². The minimum Gasteiger partial charge on any atom is -0.389 e. The molecular formula is C13H29NO2. The Morgan fingerprint density at radius 3 is 2.44 bits per heavy atom. The summed E-state index contributed by atoms with van der Waals surface area (Å²) in [5, 5.41) is 12.9. The lowest BCUT2D eigenvalue weighted by molar-refractivity contribution is 0.0415. The van der Waals surface area contributed by atoms with Crippen molar-refractivity contribution < 1.29 is 9.84 Å². The maximum Gasteiger partial charge on any atom is 0.0897 e. The van der Waals surface area contributed by atoms with E-state index in [1.165, 1.54) is 19.3 Å². The van der Waals surface area contributed by atoms with Crippen molar-refractivity contribution in [3.05, 3.63) is 0 Å². The zero-order valence-electron chi connectivity index (χ0n) is 11.3. The minimum absolute atomic E-state index is 0.382. The van der Waals surface area contributed by atoms with Gasteiger partial charge in [0, 0.05) is 19.2 Å². The zero-order chi connectivity index (χ0) is 12.4. The van der Waals surface area contributed by atoms with Crippen LogP contribution in [-0.2, 0) is 4.74 Å². The summed E-state index contributed by atoms with van der Waals surface area (Å²) >= 11 is 0. The Labute approximate surface area is 101 Å². The molecule has 0 rings (SSSR count). The van der Waals surface area contributed by atoms with Crippen LogP contribution in [0.1, 0.15) is 47.0 Å². The quantitative estimate of drug-likeness (QED) is 0.605. The lowest BCUT2D eigenvalue weighted by Crippen LogP contribution is -2.36. The first kappa shape index (κ1) is 15.9. The molecule has 0 aliphatic carbocycles. The maximum absolute atomic E-state index is 9.56. The van der Waals surface area contributed by atoms with E-state index in [4.69, 9.17) is 4.74 Å². The van der Waals surface area contributed by atoms with Gasteiger partial charge >= 0.3 is 0 Å². The number of aliphatic hydroxyl groups excluding tert-OH is 1. The van der Waals surface area contributed by atoms with Crippen molar-refractivity contribution in [1.82, 2.24) is 5.32 Å². The normalized spacial score (nSPS) is 15.4. The smallest absolute Gasteiger partial charge is 0.0897 e. The van der Waals surface area contributed by atoms with E-state index < -0.39 is 0 Å². The molecule has 0 spiro atoms. The molecule has 0 aliphatic rings. The third-order valence-corrected chi connectivity index (χ3v) is 2.63. The molecule has 2 atom stereocenters. The van der Waals surface area contributed by atoms with Crippen LogP contribution in [0.3, 0.4) is 0 Å². The van der Waals surface area contributed by atoms with Gasteiger partial charge in [-0.25, -0.2) is 0 Å². The van der Waals surface area contributed by atoms with E-state index >= 15 is 0 Å². The lowest BCUT2D eigenvalue weighted by atomic mass is 10.0. The Balaban J connectivity index is 3.38. The third kappa shape index (κ3) is 10.4. The van der Waals surface area contributed by atoms with Crippen LogP contribution in [0.25, 0.3) is 0 Å². The van der Waals surface area contributed by atoms with Gasteiger partial charge in [0.25, 0.3) is 0 Å². The number of aliphatic hydroxyl groups is 1. The van der Waals surface area contributed by atoms with Gasteiger partial charge in [-0.15, -0.1) is 0 Å². The molecule has 0 bridgehead atoms. The monoisotopic (exact) mass is 231 g/mol. The first-order chi connectivity index (χ1) is 7.56. The molecule has 0 aromatic rings. The summed E-state index contributed by atoms with van der Waals surface area (Å²) in [6.45, 7) is 10.3. The van der Waals surface area contributed by atoms with E-state index in [0.29, 0.717) is 25.8 Å². The summed E-state index contributed by atoms with van der Waals surface area (Å²) in [7, 11) is 0. The van der Waals surface area contributed by atoms with Crippen LogP contribution in [0.4, 0.5) is 0 Å². The first-order valence-corrected chi connectivity index (χ1v) is 6.55. The van der Waals surface area contributed by atoms with Crippen molar-refractivity contribution in [2.45, 2.75) is 59.1 Å². The fourth-order valence-corrected chi connectivity index (χ4v) is 1.58. The van der Waals surface area contributed by atoms with Gasteiger partial charge in [0.1, 0.15) is 0 Å². The van der Waals surface area contributed by atoms with Crippen molar-refractivity contribution in [2.24, 2.45) is 5.92 Å². The van der Waals surface area contributed by atoms with Gasteiger partial charge in [0.15, 0.2) is 0 Å². The van der Waals surface area contributed by atoms with Crippen molar-refractivity contribution in [3.63, 3.8) is 0 Å². The van der Waals surface area contributed by atoms with Crippen LogP contribution in [-0.4, -0.2) is 37.0 Å². The van der Waals surface area contributed by atoms with Crippen molar-refractivity contribution in [1.29, 1.82) is 0 Å². The van der Waals surface area contributed by atoms with Crippen LogP contribution in [0.2, 0.25) is 0 Å². The van der Waals surface area contributed by atoms with Gasteiger partial charge in [-0.2, -0.15) is 0 Å². The number of rotatable bonds is 10. The second-order valence-electron chi connectivity index (χ2n) is 4.95. The van der Waals surface area contributed by atoms with Crippen molar-refractivity contribution in [3.8, 4) is 0 Å². The van der Waals surface area contributed by atoms with Gasteiger partial charge in [0.05, 0.1) is 12.7 Å². The molecule has 2 N–H and O–H groups in total. The predicted octanol–water partition coefficient (Wildman–Crippen LogP) is 2.19. The van der Waals surface area contributed by atoms with Crippen LogP contribution in [0.5, 0.6) is 0 Å². The molecule has 0 heterocycles. The van der Waals surface area contributed by atoms with Crippen LogP contribution in [0, 0.1) is 5.92 Å². The fourth-order valence-electron chi connectivity index (χ4n) is 1.58. The predicted molar refractivity (Wildman–Crippen MR) is 68.7 cm³/mol. The molecule has 98 valence electrons. The van der Waals surface area contributed by atoms with Gasteiger partial charge in [0.2, 0.25) is 0 Å². The molecule has 3 heteroatoms. The molecule has 0 aromatic heterocycles. The molecule has 0 aromatic carbocycles. The highest BCUT2D eigenvalue weighted by Gasteiger charge is 2.07. The zero-order valence-corrected chi connectivity index (χ0v) is 11.3. The summed E-state index contributed by atoms with van der Waals surface area (Å²) < 4.78 is 5.15. The molecule has 3 nitrogen and oxygen atoms in total.